The number of aryl methyl sites for hydroxylation is 4. The molecule has 0 saturated heterocycles. The molecule has 270 valence electrons. The highest BCUT2D eigenvalue weighted by atomic mass is 32.2. The van der Waals surface area contributed by atoms with Gasteiger partial charge in [-0.1, -0.05) is 90.9 Å². The van der Waals surface area contributed by atoms with Gasteiger partial charge in [0.25, 0.3) is 0 Å². The Balaban J connectivity index is 0.00000175. The molecule has 0 N–H and O–H groups in total. The van der Waals surface area contributed by atoms with Crippen LogP contribution < -0.4 is 9.13 Å². The van der Waals surface area contributed by atoms with Gasteiger partial charge in [-0.3, -0.25) is 0 Å². The van der Waals surface area contributed by atoms with Gasteiger partial charge in [0.1, 0.15) is 24.8 Å². The van der Waals surface area contributed by atoms with Crippen LogP contribution in [-0.2, 0) is 46.4 Å². The van der Waals surface area contributed by atoms with Gasteiger partial charge in [0.15, 0.2) is 0 Å². The van der Waals surface area contributed by atoms with Crippen molar-refractivity contribution in [1.29, 1.82) is 0 Å². The molecule has 46 heavy (non-hydrogen) atoms. The van der Waals surface area contributed by atoms with Crippen molar-refractivity contribution in [2.24, 2.45) is 0 Å². The van der Waals surface area contributed by atoms with Crippen LogP contribution in [0.4, 0.5) is 0 Å². The fraction of sp³-hybridized carbons (Fsp3) is 0.824. The molecule has 2 aromatic rings. The Morgan fingerprint density at radius 3 is 1.04 bits per heavy atom. The third-order valence-electron chi connectivity index (χ3n) is 7.61. The van der Waals surface area contributed by atoms with Gasteiger partial charge in [0, 0.05) is 12.5 Å². The SMILES string of the molecule is CCCCCCCCn1cc[n+](CCCCCCCCCC[n+]2ccn(CCCCCCCC)c2)c1.CS(=O)(=O)[O-].CS(=O)(=O)[O-]. The molecule has 0 saturated carbocycles. The zero-order valence-corrected chi connectivity index (χ0v) is 31.1. The molecule has 2 heterocycles. The average molecular weight is 691 g/mol. The van der Waals surface area contributed by atoms with E-state index in [-0.39, 0.29) is 0 Å². The Morgan fingerprint density at radius 2 is 0.739 bits per heavy atom. The molecule has 0 aliphatic rings. The van der Waals surface area contributed by atoms with Crippen LogP contribution in [0, 0.1) is 0 Å². The van der Waals surface area contributed by atoms with Crippen molar-refractivity contribution in [2.75, 3.05) is 12.5 Å². The molecule has 0 unspecified atom stereocenters. The van der Waals surface area contributed by atoms with Crippen LogP contribution in [0.1, 0.15) is 142 Å². The van der Waals surface area contributed by atoms with Crippen LogP contribution in [0.15, 0.2) is 37.4 Å². The molecule has 0 aromatic carbocycles. The maximum atomic E-state index is 9.08. The first-order valence-corrected chi connectivity index (χ1v) is 21.4. The number of aromatic nitrogens is 4. The fourth-order valence-electron chi connectivity index (χ4n) is 5.21. The maximum absolute atomic E-state index is 9.08. The summed E-state index contributed by atoms with van der Waals surface area (Å²) in [5.41, 5.74) is 0. The van der Waals surface area contributed by atoms with E-state index in [4.69, 9.17) is 25.9 Å². The second kappa shape index (κ2) is 28.3. The van der Waals surface area contributed by atoms with Gasteiger partial charge in [0.2, 0.25) is 12.7 Å². The lowest BCUT2D eigenvalue weighted by Gasteiger charge is -2.02. The monoisotopic (exact) mass is 690 g/mol. The fourth-order valence-corrected chi connectivity index (χ4v) is 5.21. The average Bonchev–Trinajstić information content (AvgIpc) is 3.61. The molecule has 2 rings (SSSR count). The van der Waals surface area contributed by atoms with Crippen molar-refractivity contribution in [3.05, 3.63) is 37.4 Å². The van der Waals surface area contributed by atoms with Gasteiger partial charge in [-0.2, -0.15) is 0 Å². The summed E-state index contributed by atoms with van der Waals surface area (Å²) in [6, 6.07) is 0. The number of unbranched alkanes of at least 4 members (excludes halogenated alkanes) is 17. The second-order valence-electron chi connectivity index (χ2n) is 12.6. The lowest BCUT2D eigenvalue weighted by Crippen LogP contribution is -2.30. The summed E-state index contributed by atoms with van der Waals surface area (Å²) >= 11 is 0. The van der Waals surface area contributed by atoms with E-state index in [1.807, 2.05) is 0 Å². The molecule has 12 heteroatoms. The molecule has 2 aromatic heterocycles. The molecule has 0 fully saturated rings. The minimum Gasteiger partial charge on any atom is -0.748 e. The quantitative estimate of drug-likeness (QED) is 0.0645. The number of hydrogen-bond donors (Lipinski definition) is 0. The molecule has 0 aliphatic carbocycles. The highest BCUT2D eigenvalue weighted by molar-refractivity contribution is 7.85. The summed E-state index contributed by atoms with van der Waals surface area (Å²) in [4.78, 5) is 0. The molecule has 0 spiro atoms. The first-order valence-electron chi connectivity index (χ1n) is 17.7. The smallest absolute Gasteiger partial charge is 0.243 e. The van der Waals surface area contributed by atoms with Crippen LogP contribution >= 0.6 is 0 Å². The molecular formula is C34H66N4O6S2. The second-order valence-corrected chi connectivity index (χ2v) is 15.4. The first-order chi connectivity index (χ1) is 21.8. The van der Waals surface area contributed by atoms with Crippen LogP contribution in [0.2, 0.25) is 0 Å². The van der Waals surface area contributed by atoms with Gasteiger partial charge in [-0.25, -0.2) is 35.1 Å². The molecule has 0 bridgehead atoms. The van der Waals surface area contributed by atoms with Crippen LogP contribution in [0.25, 0.3) is 0 Å². The van der Waals surface area contributed by atoms with E-state index in [1.165, 1.54) is 155 Å². The Labute approximate surface area is 282 Å². The number of imidazole rings is 2. The van der Waals surface area contributed by atoms with Gasteiger partial charge >= 0.3 is 0 Å². The van der Waals surface area contributed by atoms with Gasteiger partial charge in [-0.05, 0) is 51.4 Å². The zero-order valence-electron chi connectivity index (χ0n) is 29.5. The van der Waals surface area contributed by atoms with Crippen molar-refractivity contribution < 1.29 is 35.1 Å². The van der Waals surface area contributed by atoms with Crippen molar-refractivity contribution in [3.63, 3.8) is 0 Å². The topological polar surface area (TPSA) is 132 Å². The Morgan fingerprint density at radius 1 is 0.478 bits per heavy atom. The third kappa shape index (κ3) is 35.1. The van der Waals surface area contributed by atoms with E-state index in [9.17, 15) is 0 Å². The summed E-state index contributed by atoms with van der Waals surface area (Å²) in [5.74, 6) is 0. The molecule has 0 radical (unpaired) electrons. The van der Waals surface area contributed by atoms with E-state index in [2.05, 4.69) is 69.6 Å². The predicted octanol–water partition coefficient (Wildman–Crippen LogP) is 6.73. The van der Waals surface area contributed by atoms with E-state index in [0.29, 0.717) is 12.5 Å². The molecule has 10 nitrogen and oxygen atoms in total. The first kappa shape index (κ1) is 44.2. The van der Waals surface area contributed by atoms with E-state index in [0.717, 1.165) is 0 Å². The lowest BCUT2D eigenvalue weighted by molar-refractivity contribution is -0.697. The largest absolute Gasteiger partial charge is 0.748 e. The highest BCUT2D eigenvalue weighted by Crippen LogP contribution is 2.10. The highest BCUT2D eigenvalue weighted by Gasteiger charge is 2.05. The van der Waals surface area contributed by atoms with E-state index < -0.39 is 20.2 Å². The number of rotatable bonds is 25. The zero-order chi connectivity index (χ0) is 34.5. The van der Waals surface area contributed by atoms with E-state index >= 15 is 0 Å². The number of nitrogens with zero attached hydrogens (tertiary/aromatic N) is 4. The summed E-state index contributed by atoms with van der Waals surface area (Å²) in [7, 11) is -7.83. The van der Waals surface area contributed by atoms with Gasteiger partial charge in [-0.15, -0.1) is 0 Å². The van der Waals surface area contributed by atoms with E-state index in [1.54, 1.807) is 0 Å². The molecule has 0 atom stereocenters. The minimum absolute atomic E-state index is 0.604. The normalized spacial score (nSPS) is 11.5. The lowest BCUT2D eigenvalue weighted by atomic mass is 10.1. The minimum atomic E-state index is -3.92. The Kier molecular flexibility index (Phi) is 27.2. The summed E-state index contributed by atoms with van der Waals surface area (Å²) in [6.45, 7) is 9.30. The summed E-state index contributed by atoms with van der Waals surface area (Å²) in [5, 5.41) is 0. The van der Waals surface area contributed by atoms with Crippen molar-refractivity contribution in [1.82, 2.24) is 9.13 Å². The summed E-state index contributed by atoms with van der Waals surface area (Å²) in [6.07, 6.45) is 42.4. The van der Waals surface area contributed by atoms with Crippen LogP contribution in [-0.4, -0.2) is 47.6 Å². The maximum Gasteiger partial charge on any atom is 0.243 e. The van der Waals surface area contributed by atoms with Gasteiger partial charge < -0.3 is 9.11 Å². The Bertz CT molecular complexity index is 1070. The number of hydrogen-bond acceptors (Lipinski definition) is 6. The van der Waals surface area contributed by atoms with Crippen LogP contribution in [0.5, 0.6) is 0 Å². The predicted molar refractivity (Wildman–Crippen MR) is 184 cm³/mol. The summed E-state index contributed by atoms with van der Waals surface area (Å²) < 4.78 is 64.0. The van der Waals surface area contributed by atoms with Crippen LogP contribution in [0.3, 0.4) is 0 Å². The van der Waals surface area contributed by atoms with Crippen molar-refractivity contribution in [2.45, 2.75) is 168 Å². The van der Waals surface area contributed by atoms with Crippen molar-refractivity contribution >= 4 is 20.2 Å². The third-order valence-corrected chi connectivity index (χ3v) is 7.61. The molecular weight excluding hydrogens is 625 g/mol. The Hall–Kier alpha value is -1.76. The molecule has 0 aliphatic heterocycles. The standard InChI is InChI=1S/C32H60N4.2CH4O3S/c1-3-5-7-9-15-19-23-33-27-29-35(31-33)25-21-17-13-11-12-14-18-22-26-36-30-28-34(32-36)24-20-16-10-8-6-4-2;2*1-5(2,3)4/h27-32H,3-26H2,1-2H3;2*1H3,(H,2,3,4)/q+2;;/p-2. The van der Waals surface area contributed by atoms with Gasteiger partial charge in [0.05, 0.1) is 46.4 Å². The molecule has 0 amide bonds. The van der Waals surface area contributed by atoms with Crippen molar-refractivity contribution in [3.8, 4) is 0 Å².